The number of amides is 1. The lowest BCUT2D eigenvalue weighted by atomic mass is 9.87. The molecule has 0 spiro atoms. The number of carbonyl (C=O) groups excluding carboxylic acids is 1. The van der Waals surface area contributed by atoms with Crippen molar-refractivity contribution in [3.63, 3.8) is 0 Å². The molecule has 4 atom stereocenters. The summed E-state index contributed by atoms with van der Waals surface area (Å²) >= 11 is 0. The zero-order chi connectivity index (χ0) is 13.9. The van der Waals surface area contributed by atoms with Crippen molar-refractivity contribution in [2.45, 2.75) is 79.3 Å². The number of nitrogens with zero attached hydrogens (tertiary/aromatic N) is 1. The molecular weight excluding hydrogens is 222 g/mol. The number of likely N-dealkylation sites (tertiary alicyclic amines) is 1. The molecule has 0 saturated carbocycles. The van der Waals surface area contributed by atoms with Gasteiger partial charge in [0.15, 0.2) is 0 Å². The first-order chi connectivity index (χ1) is 8.43. The molecular formula is C16H31NO. The van der Waals surface area contributed by atoms with Gasteiger partial charge in [-0.3, -0.25) is 4.79 Å². The van der Waals surface area contributed by atoms with Gasteiger partial charge in [0, 0.05) is 18.0 Å². The van der Waals surface area contributed by atoms with E-state index in [1.165, 1.54) is 12.8 Å². The second-order valence-corrected chi connectivity index (χ2v) is 6.38. The van der Waals surface area contributed by atoms with Crippen LogP contribution >= 0.6 is 0 Å². The third-order valence-corrected chi connectivity index (χ3v) is 4.82. The van der Waals surface area contributed by atoms with E-state index >= 15 is 0 Å². The molecule has 1 aliphatic rings. The molecule has 1 heterocycles. The minimum absolute atomic E-state index is 0.219. The summed E-state index contributed by atoms with van der Waals surface area (Å²) < 4.78 is 0. The molecule has 1 fully saturated rings. The Morgan fingerprint density at radius 1 is 1.17 bits per heavy atom. The molecule has 1 amide bonds. The second kappa shape index (κ2) is 6.58. The number of hydrogen-bond donors (Lipinski definition) is 0. The Labute approximate surface area is 113 Å². The van der Waals surface area contributed by atoms with Crippen molar-refractivity contribution in [2.24, 2.45) is 17.8 Å². The van der Waals surface area contributed by atoms with Gasteiger partial charge in [-0.15, -0.1) is 0 Å². The van der Waals surface area contributed by atoms with Crippen molar-refractivity contribution >= 4 is 5.91 Å². The van der Waals surface area contributed by atoms with Gasteiger partial charge < -0.3 is 4.90 Å². The van der Waals surface area contributed by atoms with Crippen LogP contribution in [0.5, 0.6) is 0 Å². The van der Waals surface area contributed by atoms with E-state index in [1.807, 2.05) is 0 Å². The predicted molar refractivity (Wildman–Crippen MR) is 77.4 cm³/mol. The molecule has 18 heavy (non-hydrogen) atoms. The molecule has 0 aromatic heterocycles. The van der Waals surface area contributed by atoms with Crippen LogP contribution in [0, 0.1) is 17.8 Å². The van der Waals surface area contributed by atoms with Gasteiger partial charge in [-0.25, -0.2) is 0 Å². The van der Waals surface area contributed by atoms with E-state index < -0.39 is 0 Å². The van der Waals surface area contributed by atoms with E-state index in [-0.39, 0.29) is 5.92 Å². The van der Waals surface area contributed by atoms with Crippen molar-refractivity contribution in [3.8, 4) is 0 Å². The minimum atomic E-state index is 0.219. The molecule has 0 aromatic carbocycles. The Balaban J connectivity index is 2.85. The zero-order valence-corrected chi connectivity index (χ0v) is 13.1. The monoisotopic (exact) mass is 253 g/mol. The largest absolute Gasteiger partial charge is 0.337 e. The minimum Gasteiger partial charge on any atom is -0.337 e. The summed E-state index contributed by atoms with van der Waals surface area (Å²) in [5.74, 6) is 1.71. The average molecular weight is 253 g/mol. The third-order valence-electron chi connectivity index (χ3n) is 4.82. The summed E-state index contributed by atoms with van der Waals surface area (Å²) in [7, 11) is 0. The standard InChI is InChI=1S/C16H31NO/c1-7-12(5)14(8-2)16(18)17-13(6)9-10-15(17)11(3)4/h11-15H,7-10H2,1-6H3/t12?,13?,14?,15-/m0/s1. The molecule has 0 N–H and O–H groups in total. The van der Waals surface area contributed by atoms with E-state index in [0.29, 0.717) is 29.8 Å². The molecule has 1 aliphatic heterocycles. The van der Waals surface area contributed by atoms with Gasteiger partial charge in [0.25, 0.3) is 0 Å². The van der Waals surface area contributed by atoms with E-state index in [2.05, 4.69) is 46.4 Å². The van der Waals surface area contributed by atoms with E-state index in [4.69, 9.17) is 0 Å². The maximum absolute atomic E-state index is 12.8. The topological polar surface area (TPSA) is 20.3 Å². The molecule has 1 rings (SSSR count). The van der Waals surface area contributed by atoms with Gasteiger partial charge in [0.1, 0.15) is 0 Å². The van der Waals surface area contributed by atoms with Crippen LogP contribution in [0.15, 0.2) is 0 Å². The quantitative estimate of drug-likeness (QED) is 0.722. The molecule has 0 bridgehead atoms. The third kappa shape index (κ3) is 3.07. The van der Waals surface area contributed by atoms with Crippen molar-refractivity contribution in [2.75, 3.05) is 0 Å². The maximum Gasteiger partial charge on any atom is 0.226 e. The fourth-order valence-electron chi connectivity index (χ4n) is 3.35. The Hall–Kier alpha value is -0.530. The summed E-state index contributed by atoms with van der Waals surface area (Å²) in [5.41, 5.74) is 0. The van der Waals surface area contributed by atoms with Crippen molar-refractivity contribution < 1.29 is 4.79 Å². The Bertz CT molecular complexity index is 274. The fourth-order valence-corrected chi connectivity index (χ4v) is 3.35. The summed E-state index contributed by atoms with van der Waals surface area (Å²) in [4.78, 5) is 15.0. The maximum atomic E-state index is 12.8. The van der Waals surface area contributed by atoms with Gasteiger partial charge in [-0.05, 0) is 38.0 Å². The lowest BCUT2D eigenvalue weighted by Crippen LogP contribution is -2.46. The Morgan fingerprint density at radius 2 is 1.78 bits per heavy atom. The first kappa shape index (κ1) is 15.5. The van der Waals surface area contributed by atoms with Crippen LogP contribution in [0.25, 0.3) is 0 Å². The van der Waals surface area contributed by atoms with E-state index in [0.717, 1.165) is 12.8 Å². The first-order valence-electron chi connectivity index (χ1n) is 7.76. The van der Waals surface area contributed by atoms with Crippen LogP contribution in [0.1, 0.15) is 67.2 Å². The van der Waals surface area contributed by atoms with Crippen LogP contribution in [0.3, 0.4) is 0 Å². The lowest BCUT2D eigenvalue weighted by Gasteiger charge is -2.35. The van der Waals surface area contributed by atoms with Gasteiger partial charge in [0.05, 0.1) is 0 Å². The van der Waals surface area contributed by atoms with Crippen LogP contribution < -0.4 is 0 Å². The van der Waals surface area contributed by atoms with E-state index in [1.54, 1.807) is 0 Å². The summed E-state index contributed by atoms with van der Waals surface area (Å²) in [5, 5.41) is 0. The van der Waals surface area contributed by atoms with Gasteiger partial charge in [-0.1, -0.05) is 41.0 Å². The van der Waals surface area contributed by atoms with Crippen molar-refractivity contribution in [1.82, 2.24) is 4.90 Å². The Morgan fingerprint density at radius 3 is 2.22 bits per heavy atom. The predicted octanol–water partition coefficient (Wildman–Crippen LogP) is 4.09. The molecule has 106 valence electrons. The van der Waals surface area contributed by atoms with Gasteiger partial charge >= 0.3 is 0 Å². The van der Waals surface area contributed by atoms with Crippen LogP contribution in [-0.2, 0) is 4.79 Å². The summed E-state index contributed by atoms with van der Waals surface area (Å²) in [6.07, 6.45) is 4.42. The molecule has 1 saturated heterocycles. The molecule has 0 radical (unpaired) electrons. The average Bonchev–Trinajstić information content (AvgIpc) is 2.71. The number of rotatable bonds is 5. The molecule has 0 aromatic rings. The smallest absolute Gasteiger partial charge is 0.226 e. The van der Waals surface area contributed by atoms with Crippen LogP contribution in [-0.4, -0.2) is 22.9 Å². The fraction of sp³-hybridized carbons (Fsp3) is 0.938. The summed E-state index contributed by atoms with van der Waals surface area (Å²) in [6, 6.07) is 0.897. The highest BCUT2D eigenvalue weighted by atomic mass is 16.2. The highest BCUT2D eigenvalue weighted by Crippen LogP contribution is 2.33. The second-order valence-electron chi connectivity index (χ2n) is 6.38. The Kier molecular flexibility index (Phi) is 5.68. The zero-order valence-electron chi connectivity index (χ0n) is 13.1. The number of hydrogen-bond acceptors (Lipinski definition) is 1. The molecule has 2 heteroatoms. The molecule has 2 nitrogen and oxygen atoms in total. The summed E-state index contributed by atoms with van der Waals surface area (Å²) in [6.45, 7) is 13.3. The highest BCUT2D eigenvalue weighted by Gasteiger charge is 2.39. The van der Waals surface area contributed by atoms with Gasteiger partial charge in [-0.2, -0.15) is 0 Å². The first-order valence-corrected chi connectivity index (χ1v) is 7.76. The van der Waals surface area contributed by atoms with Crippen LogP contribution in [0.4, 0.5) is 0 Å². The van der Waals surface area contributed by atoms with Gasteiger partial charge in [0.2, 0.25) is 5.91 Å². The highest BCUT2D eigenvalue weighted by molar-refractivity contribution is 5.80. The van der Waals surface area contributed by atoms with Crippen LogP contribution in [0.2, 0.25) is 0 Å². The molecule has 3 unspecified atom stereocenters. The SMILES string of the molecule is CCC(C)C(CC)C(=O)N1C(C)CC[C@H]1C(C)C. The lowest BCUT2D eigenvalue weighted by molar-refractivity contribution is -0.141. The van der Waals surface area contributed by atoms with Crippen molar-refractivity contribution in [1.29, 1.82) is 0 Å². The number of carbonyl (C=O) groups is 1. The normalized spacial score (nSPS) is 27.6. The van der Waals surface area contributed by atoms with Crippen molar-refractivity contribution in [3.05, 3.63) is 0 Å². The molecule has 0 aliphatic carbocycles. The van der Waals surface area contributed by atoms with E-state index in [9.17, 15) is 4.79 Å².